The van der Waals surface area contributed by atoms with Gasteiger partial charge in [-0.05, 0) is 48.2 Å². The number of hydrogen-bond acceptors (Lipinski definition) is 7. The molecular weight excluding hydrogens is 528 g/mol. The molecule has 0 amide bonds. The van der Waals surface area contributed by atoms with Crippen LogP contribution in [0.25, 0.3) is 16.8 Å². The maximum Gasteiger partial charge on any atom is 0.410 e. The molecule has 9 nitrogen and oxygen atoms in total. The van der Waals surface area contributed by atoms with Crippen LogP contribution < -0.4 is 15.5 Å². The Balaban J connectivity index is 1.35. The van der Waals surface area contributed by atoms with Crippen LogP contribution in [0.5, 0.6) is 0 Å². The topological polar surface area (TPSA) is 85.0 Å². The number of hydrogen-bond donors (Lipinski definition) is 0. The van der Waals surface area contributed by atoms with Gasteiger partial charge in [0.25, 0.3) is 0 Å². The average molecular weight is 557 g/mol. The van der Waals surface area contributed by atoms with E-state index in [1.807, 2.05) is 13.8 Å². The van der Waals surface area contributed by atoms with E-state index in [4.69, 9.17) is 0 Å². The lowest BCUT2D eigenvalue weighted by atomic mass is 10.1. The van der Waals surface area contributed by atoms with Gasteiger partial charge in [0.1, 0.15) is 24.0 Å². The molecule has 1 aromatic carbocycles. The summed E-state index contributed by atoms with van der Waals surface area (Å²) in [4.78, 5) is 28.0. The number of nitrogens with zero attached hydrogens (tertiary/aromatic N) is 8. The van der Waals surface area contributed by atoms with Crippen molar-refractivity contribution in [3.8, 4) is 16.8 Å². The lowest BCUT2D eigenvalue weighted by Gasteiger charge is -2.42. The van der Waals surface area contributed by atoms with Crippen molar-refractivity contribution >= 4 is 11.8 Å². The number of aryl methyl sites for hydroxylation is 2. The molecule has 0 aliphatic carbocycles. The maximum absolute atomic E-state index is 15.0. The van der Waals surface area contributed by atoms with Crippen LogP contribution in [0.1, 0.15) is 25.8 Å². The first kappa shape index (κ1) is 27.3. The molecule has 3 aromatic heterocycles. The van der Waals surface area contributed by atoms with Crippen LogP contribution in [-0.4, -0.2) is 61.2 Å². The Morgan fingerprint density at radius 1 is 0.975 bits per heavy atom. The minimum absolute atomic E-state index is 0.0554. The highest BCUT2D eigenvalue weighted by molar-refractivity contribution is 5.65. The standard InChI is InChI=1S/C27H28F4N8O/c1-3-9-39-26(40)38(17-35-39)22-7-5-19(12-21(22)28)20-6-8-24(32-15-20)37-11-10-36(16-23(37)27(29,30)31)25-33-13-18(4-2)14-34-25/h5-8,12-15,17,23H,3-4,9-11,16H2,1-2H3. The second-order valence-electron chi connectivity index (χ2n) is 9.52. The van der Waals surface area contributed by atoms with E-state index >= 15 is 4.39 Å². The van der Waals surface area contributed by atoms with E-state index < -0.39 is 23.7 Å². The van der Waals surface area contributed by atoms with Crippen LogP contribution in [0.3, 0.4) is 0 Å². The van der Waals surface area contributed by atoms with Crippen molar-refractivity contribution in [3.63, 3.8) is 0 Å². The zero-order chi connectivity index (χ0) is 28.4. The van der Waals surface area contributed by atoms with Gasteiger partial charge in [0.2, 0.25) is 5.95 Å². The van der Waals surface area contributed by atoms with E-state index in [-0.39, 0.29) is 30.5 Å². The van der Waals surface area contributed by atoms with Gasteiger partial charge in [-0.3, -0.25) is 0 Å². The highest BCUT2D eigenvalue weighted by Gasteiger charge is 2.47. The summed E-state index contributed by atoms with van der Waals surface area (Å²) >= 11 is 0. The fourth-order valence-electron chi connectivity index (χ4n) is 4.69. The minimum Gasteiger partial charge on any atom is -0.341 e. The molecule has 0 radical (unpaired) electrons. The van der Waals surface area contributed by atoms with E-state index in [2.05, 4.69) is 20.1 Å². The van der Waals surface area contributed by atoms with E-state index in [0.29, 0.717) is 30.6 Å². The van der Waals surface area contributed by atoms with Crippen molar-refractivity contribution in [1.82, 2.24) is 29.3 Å². The summed E-state index contributed by atoms with van der Waals surface area (Å²) in [5, 5.41) is 4.01. The third kappa shape index (κ3) is 5.40. The molecule has 4 aromatic rings. The smallest absolute Gasteiger partial charge is 0.341 e. The molecule has 4 heterocycles. The normalized spacial score (nSPS) is 16.0. The third-order valence-corrected chi connectivity index (χ3v) is 6.89. The summed E-state index contributed by atoms with van der Waals surface area (Å²) < 4.78 is 59.7. The zero-order valence-electron chi connectivity index (χ0n) is 22.0. The molecule has 0 spiro atoms. The van der Waals surface area contributed by atoms with Crippen LogP contribution in [-0.2, 0) is 13.0 Å². The Labute approximate surface area is 227 Å². The highest BCUT2D eigenvalue weighted by Crippen LogP contribution is 2.33. The molecule has 1 atom stereocenters. The molecule has 1 saturated heterocycles. The van der Waals surface area contributed by atoms with Gasteiger partial charge in [0, 0.05) is 43.8 Å². The SMILES string of the molecule is CCCn1ncn(-c2ccc(-c3ccc(N4CCN(c5ncc(CC)cn5)CC4C(F)(F)F)nc3)cc2F)c1=O. The number of rotatable bonds is 7. The number of pyridine rings is 1. The van der Waals surface area contributed by atoms with Gasteiger partial charge >= 0.3 is 11.9 Å². The van der Waals surface area contributed by atoms with Gasteiger partial charge in [0.15, 0.2) is 0 Å². The van der Waals surface area contributed by atoms with E-state index in [9.17, 15) is 18.0 Å². The Kier molecular flexibility index (Phi) is 7.55. The van der Waals surface area contributed by atoms with Gasteiger partial charge in [-0.15, -0.1) is 0 Å². The van der Waals surface area contributed by atoms with Crippen molar-refractivity contribution in [1.29, 1.82) is 0 Å². The molecule has 1 fully saturated rings. The zero-order valence-corrected chi connectivity index (χ0v) is 22.0. The van der Waals surface area contributed by atoms with Gasteiger partial charge in [-0.1, -0.05) is 19.9 Å². The summed E-state index contributed by atoms with van der Waals surface area (Å²) in [6, 6.07) is 5.65. The van der Waals surface area contributed by atoms with Crippen molar-refractivity contribution < 1.29 is 17.6 Å². The largest absolute Gasteiger partial charge is 0.410 e. The monoisotopic (exact) mass is 556 g/mol. The Hall–Kier alpha value is -4.29. The van der Waals surface area contributed by atoms with Crippen LogP contribution in [0.15, 0.2) is 60.0 Å². The predicted octanol–water partition coefficient (Wildman–Crippen LogP) is 4.26. The van der Waals surface area contributed by atoms with Crippen LogP contribution in [0.2, 0.25) is 0 Å². The second kappa shape index (κ2) is 11.1. The van der Waals surface area contributed by atoms with E-state index in [1.165, 1.54) is 45.2 Å². The summed E-state index contributed by atoms with van der Waals surface area (Å²) in [7, 11) is 0. The molecule has 1 aliphatic heterocycles. The summed E-state index contributed by atoms with van der Waals surface area (Å²) in [5.74, 6) is -0.206. The van der Waals surface area contributed by atoms with Crippen LogP contribution in [0.4, 0.5) is 29.3 Å². The summed E-state index contributed by atoms with van der Waals surface area (Å²) in [5.41, 5.74) is 1.52. The van der Waals surface area contributed by atoms with Crippen molar-refractivity contribution in [2.24, 2.45) is 0 Å². The molecular formula is C27H28F4N8O. The van der Waals surface area contributed by atoms with Gasteiger partial charge in [0.05, 0.1) is 12.2 Å². The Morgan fingerprint density at radius 3 is 2.35 bits per heavy atom. The Bertz CT molecular complexity index is 1520. The highest BCUT2D eigenvalue weighted by atomic mass is 19.4. The second-order valence-corrected chi connectivity index (χ2v) is 9.52. The molecule has 5 rings (SSSR count). The first-order valence-corrected chi connectivity index (χ1v) is 13.0. The van der Waals surface area contributed by atoms with Crippen molar-refractivity contribution in [2.45, 2.75) is 45.5 Å². The summed E-state index contributed by atoms with van der Waals surface area (Å²) in [6.07, 6.45) is 2.89. The van der Waals surface area contributed by atoms with Crippen LogP contribution >= 0.6 is 0 Å². The quantitative estimate of drug-likeness (QED) is 0.315. The van der Waals surface area contributed by atoms with Gasteiger partial charge < -0.3 is 9.80 Å². The maximum atomic E-state index is 15.0. The Morgan fingerprint density at radius 2 is 1.73 bits per heavy atom. The van der Waals surface area contributed by atoms with Crippen molar-refractivity contribution in [2.75, 3.05) is 29.4 Å². The number of halogens is 4. The molecule has 0 N–H and O–H groups in total. The van der Waals surface area contributed by atoms with Crippen LogP contribution in [0, 0.1) is 5.82 Å². The van der Waals surface area contributed by atoms with E-state index in [1.54, 1.807) is 24.5 Å². The summed E-state index contributed by atoms with van der Waals surface area (Å²) in [6.45, 7) is 4.31. The van der Waals surface area contributed by atoms with Gasteiger partial charge in [-0.25, -0.2) is 33.4 Å². The fraction of sp³-hybridized carbons (Fsp3) is 0.370. The lowest BCUT2D eigenvalue weighted by Crippen LogP contribution is -2.60. The predicted molar refractivity (Wildman–Crippen MR) is 142 cm³/mol. The first-order chi connectivity index (χ1) is 19.2. The number of piperazine rings is 1. The molecule has 40 heavy (non-hydrogen) atoms. The number of benzene rings is 1. The molecule has 1 aliphatic rings. The molecule has 0 bridgehead atoms. The number of anilines is 2. The third-order valence-electron chi connectivity index (χ3n) is 6.89. The van der Waals surface area contributed by atoms with Crippen molar-refractivity contribution in [3.05, 3.63) is 77.1 Å². The molecule has 1 unspecified atom stereocenters. The van der Waals surface area contributed by atoms with E-state index in [0.717, 1.165) is 16.6 Å². The molecule has 0 saturated carbocycles. The fourth-order valence-corrected chi connectivity index (χ4v) is 4.69. The average Bonchev–Trinajstić information content (AvgIpc) is 3.32. The first-order valence-electron chi connectivity index (χ1n) is 13.0. The number of alkyl halides is 3. The minimum atomic E-state index is -4.51. The lowest BCUT2D eigenvalue weighted by molar-refractivity contribution is -0.148. The molecule has 210 valence electrons. The molecule has 13 heteroatoms. The van der Waals surface area contributed by atoms with Gasteiger partial charge in [-0.2, -0.15) is 18.3 Å². The number of aromatic nitrogens is 6.